The minimum Gasteiger partial charge on any atom is -0.465 e. The maximum absolute atomic E-state index is 12.2. The van der Waals surface area contributed by atoms with Crippen LogP contribution in [0.15, 0.2) is 0 Å². The lowest BCUT2D eigenvalue weighted by Crippen LogP contribution is -2.51. The number of rotatable bonds is 11. The van der Waals surface area contributed by atoms with Crippen LogP contribution in [-0.2, 0) is 14.3 Å². The molecule has 2 fully saturated rings. The molecule has 0 amide bonds. The van der Waals surface area contributed by atoms with Crippen LogP contribution in [-0.4, -0.2) is 62.4 Å². The van der Waals surface area contributed by atoms with E-state index in [1.165, 1.54) is 25.7 Å². The number of esters is 1. The Morgan fingerprint density at radius 3 is 2.57 bits per heavy atom. The van der Waals surface area contributed by atoms with Crippen LogP contribution in [0.3, 0.4) is 0 Å². The molecule has 2 rings (SSSR count). The average Bonchev–Trinajstić information content (AvgIpc) is 3.35. The van der Waals surface area contributed by atoms with E-state index in [1.54, 1.807) is 7.11 Å². The van der Waals surface area contributed by atoms with Crippen molar-refractivity contribution in [1.29, 1.82) is 0 Å². The monoisotopic (exact) mass is 298 g/mol. The fraction of sp³-hybridized carbons (Fsp3) is 0.938. The topological polar surface area (TPSA) is 50.8 Å². The number of hydrogen-bond donors (Lipinski definition) is 1. The van der Waals surface area contributed by atoms with Gasteiger partial charge in [0.1, 0.15) is 6.04 Å². The number of carbonyl (C=O) groups is 1. The molecule has 0 radical (unpaired) electrons. The van der Waals surface area contributed by atoms with Crippen LogP contribution in [0.1, 0.15) is 39.5 Å². The molecule has 2 saturated carbocycles. The van der Waals surface area contributed by atoms with Crippen LogP contribution in [0.5, 0.6) is 0 Å². The largest absolute Gasteiger partial charge is 0.465 e. The Bertz CT molecular complexity index is 329. The van der Waals surface area contributed by atoms with E-state index in [2.05, 4.69) is 17.1 Å². The van der Waals surface area contributed by atoms with Crippen molar-refractivity contribution in [3.63, 3.8) is 0 Å². The molecule has 122 valence electrons. The molecule has 0 spiro atoms. The molecule has 2 unspecified atom stereocenters. The van der Waals surface area contributed by atoms with Crippen molar-refractivity contribution < 1.29 is 14.3 Å². The molecule has 21 heavy (non-hydrogen) atoms. The molecule has 5 nitrogen and oxygen atoms in total. The minimum atomic E-state index is -0.212. The molecular formula is C16H30N2O3. The van der Waals surface area contributed by atoms with Gasteiger partial charge in [-0.3, -0.25) is 9.69 Å². The van der Waals surface area contributed by atoms with E-state index < -0.39 is 0 Å². The van der Waals surface area contributed by atoms with Crippen LogP contribution in [0.2, 0.25) is 0 Å². The van der Waals surface area contributed by atoms with Crippen molar-refractivity contribution in [1.82, 2.24) is 10.2 Å². The van der Waals surface area contributed by atoms with E-state index in [0.29, 0.717) is 25.3 Å². The van der Waals surface area contributed by atoms with Gasteiger partial charge in [0, 0.05) is 32.3 Å². The molecule has 0 saturated heterocycles. The third kappa shape index (κ3) is 5.57. The Morgan fingerprint density at radius 2 is 2.05 bits per heavy atom. The highest BCUT2D eigenvalue weighted by Crippen LogP contribution is 2.35. The number of methoxy groups -OCH3 is 1. The van der Waals surface area contributed by atoms with Gasteiger partial charge < -0.3 is 14.8 Å². The highest BCUT2D eigenvalue weighted by molar-refractivity contribution is 5.76. The summed E-state index contributed by atoms with van der Waals surface area (Å²) < 4.78 is 10.5. The van der Waals surface area contributed by atoms with Crippen LogP contribution in [0, 0.1) is 5.92 Å². The summed E-state index contributed by atoms with van der Waals surface area (Å²) in [6, 6.07) is 0.800. The fourth-order valence-electron chi connectivity index (χ4n) is 2.75. The molecule has 2 atom stereocenters. The van der Waals surface area contributed by atoms with Gasteiger partial charge in [0.05, 0.1) is 13.2 Å². The second kappa shape index (κ2) is 8.11. The first-order valence-corrected chi connectivity index (χ1v) is 8.31. The maximum atomic E-state index is 12.2. The van der Waals surface area contributed by atoms with Crippen molar-refractivity contribution in [2.24, 2.45) is 5.92 Å². The Morgan fingerprint density at radius 1 is 1.33 bits per heavy atom. The molecule has 0 aromatic carbocycles. The fourth-order valence-corrected chi connectivity index (χ4v) is 2.75. The summed E-state index contributed by atoms with van der Waals surface area (Å²) in [5.74, 6) is 0.667. The van der Waals surface area contributed by atoms with Gasteiger partial charge in [-0.15, -0.1) is 0 Å². The summed E-state index contributed by atoms with van der Waals surface area (Å²) in [5, 5.41) is 3.44. The number of nitrogens with zero attached hydrogens (tertiary/aromatic N) is 1. The third-order valence-electron chi connectivity index (χ3n) is 4.47. The lowest BCUT2D eigenvalue weighted by molar-refractivity contribution is -0.146. The maximum Gasteiger partial charge on any atom is 0.324 e. The molecular weight excluding hydrogens is 268 g/mol. The summed E-state index contributed by atoms with van der Waals surface area (Å²) in [7, 11) is 1.73. The molecule has 0 bridgehead atoms. The van der Waals surface area contributed by atoms with Gasteiger partial charge >= 0.3 is 5.97 Å². The Labute approximate surface area is 128 Å². The number of carbonyl (C=O) groups excluding carboxylic acids is 1. The number of ether oxygens (including phenoxy) is 2. The first-order valence-electron chi connectivity index (χ1n) is 8.31. The van der Waals surface area contributed by atoms with Gasteiger partial charge in [-0.2, -0.15) is 0 Å². The number of nitrogens with one attached hydrogen (secondary N) is 1. The van der Waals surface area contributed by atoms with Gasteiger partial charge in [0.15, 0.2) is 0 Å². The lowest BCUT2D eigenvalue weighted by atomic mass is 10.1. The van der Waals surface area contributed by atoms with Crippen molar-refractivity contribution in [3.05, 3.63) is 0 Å². The molecule has 2 aliphatic carbocycles. The summed E-state index contributed by atoms with van der Waals surface area (Å²) in [5.41, 5.74) is 0. The first-order chi connectivity index (χ1) is 10.2. The number of hydrogen-bond acceptors (Lipinski definition) is 5. The standard InChI is InChI=1S/C16H30N2O3/c1-4-21-16(19)15(17-14-7-8-14)11-18(9-10-20-3)12(2)13-5-6-13/h12-15,17H,4-11H2,1-3H3. The zero-order chi connectivity index (χ0) is 15.2. The highest BCUT2D eigenvalue weighted by atomic mass is 16.5. The molecule has 0 heterocycles. The highest BCUT2D eigenvalue weighted by Gasteiger charge is 2.35. The predicted octanol–water partition coefficient (Wildman–Crippen LogP) is 1.42. The lowest BCUT2D eigenvalue weighted by Gasteiger charge is -2.32. The quantitative estimate of drug-likeness (QED) is 0.585. The van der Waals surface area contributed by atoms with Crippen molar-refractivity contribution in [2.45, 2.75) is 57.7 Å². The molecule has 2 aliphatic rings. The smallest absolute Gasteiger partial charge is 0.324 e. The summed E-state index contributed by atoms with van der Waals surface area (Å²) in [6.07, 6.45) is 4.97. The summed E-state index contributed by atoms with van der Waals surface area (Å²) in [6.45, 7) is 6.87. The van der Waals surface area contributed by atoms with Gasteiger partial charge in [-0.25, -0.2) is 0 Å². The molecule has 0 aliphatic heterocycles. The Balaban J connectivity index is 1.92. The van der Waals surface area contributed by atoms with E-state index in [1.807, 2.05) is 6.92 Å². The normalized spacial score (nSPS) is 21.3. The zero-order valence-corrected chi connectivity index (χ0v) is 13.6. The van der Waals surface area contributed by atoms with Crippen LogP contribution >= 0.6 is 0 Å². The van der Waals surface area contributed by atoms with Crippen molar-refractivity contribution in [3.8, 4) is 0 Å². The van der Waals surface area contributed by atoms with Crippen LogP contribution < -0.4 is 5.32 Å². The van der Waals surface area contributed by atoms with E-state index in [4.69, 9.17) is 9.47 Å². The average molecular weight is 298 g/mol. The molecule has 5 heteroatoms. The van der Waals surface area contributed by atoms with Crippen LogP contribution in [0.4, 0.5) is 0 Å². The van der Waals surface area contributed by atoms with Crippen LogP contribution in [0.25, 0.3) is 0 Å². The second-order valence-electron chi connectivity index (χ2n) is 6.31. The summed E-state index contributed by atoms with van der Waals surface area (Å²) in [4.78, 5) is 14.6. The van der Waals surface area contributed by atoms with E-state index in [-0.39, 0.29) is 12.0 Å². The van der Waals surface area contributed by atoms with Gasteiger partial charge in [0.25, 0.3) is 0 Å². The van der Waals surface area contributed by atoms with Gasteiger partial charge in [0.2, 0.25) is 0 Å². The van der Waals surface area contributed by atoms with Crippen molar-refractivity contribution >= 4 is 5.97 Å². The minimum absolute atomic E-state index is 0.116. The van der Waals surface area contributed by atoms with Gasteiger partial charge in [-0.05, 0) is 45.4 Å². The summed E-state index contributed by atoms with van der Waals surface area (Å²) >= 11 is 0. The SMILES string of the molecule is CCOC(=O)C(CN(CCOC)C(C)C1CC1)NC1CC1. The predicted molar refractivity (Wildman–Crippen MR) is 82.2 cm³/mol. The third-order valence-corrected chi connectivity index (χ3v) is 4.47. The van der Waals surface area contributed by atoms with E-state index in [0.717, 1.165) is 19.0 Å². The Hall–Kier alpha value is -0.650. The van der Waals surface area contributed by atoms with Crippen molar-refractivity contribution in [2.75, 3.05) is 33.4 Å². The first kappa shape index (κ1) is 16.7. The second-order valence-corrected chi connectivity index (χ2v) is 6.31. The van der Waals surface area contributed by atoms with E-state index in [9.17, 15) is 4.79 Å². The molecule has 0 aromatic heterocycles. The zero-order valence-electron chi connectivity index (χ0n) is 13.6. The van der Waals surface area contributed by atoms with Gasteiger partial charge in [-0.1, -0.05) is 0 Å². The van der Waals surface area contributed by atoms with E-state index >= 15 is 0 Å². The Kier molecular flexibility index (Phi) is 6.45. The molecule has 0 aromatic rings. The molecule has 1 N–H and O–H groups in total.